The summed E-state index contributed by atoms with van der Waals surface area (Å²) in [4.78, 5) is 12.8. The lowest BCUT2D eigenvalue weighted by atomic mass is 10.1. The molecular formula is C26H35N5O2. The van der Waals surface area contributed by atoms with Gasteiger partial charge in [-0.2, -0.15) is 10.2 Å². The molecule has 2 saturated carbocycles. The molecule has 3 N–H and O–H groups in total. The van der Waals surface area contributed by atoms with Crippen LogP contribution in [-0.2, 0) is 0 Å². The van der Waals surface area contributed by atoms with Crippen molar-refractivity contribution in [2.24, 2.45) is 11.8 Å². The highest BCUT2D eigenvalue weighted by molar-refractivity contribution is 5.99. The van der Waals surface area contributed by atoms with E-state index >= 15 is 0 Å². The van der Waals surface area contributed by atoms with Crippen LogP contribution in [0.5, 0.6) is 5.75 Å². The number of ether oxygens (including phenoxy) is 1. The lowest BCUT2D eigenvalue weighted by molar-refractivity contribution is 0.194. The van der Waals surface area contributed by atoms with Gasteiger partial charge in [-0.1, -0.05) is 39.5 Å². The predicted molar refractivity (Wildman–Crippen MR) is 131 cm³/mol. The first-order valence-corrected chi connectivity index (χ1v) is 12.6. The van der Waals surface area contributed by atoms with Gasteiger partial charge in [0.1, 0.15) is 17.0 Å². The highest BCUT2D eigenvalue weighted by Gasteiger charge is 2.46. The molecule has 2 aliphatic rings. The Kier molecular flexibility index (Phi) is 6.13. The zero-order valence-corrected chi connectivity index (χ0v) is 19.7. The predicted octanol–water partition coefficient (Wildman–Crippen LogP) is 5.47. The van der Waals surface area contributed by atoms with E-state index in [4.69, 9.17) is 15.6 Å². The largest absolute Gasteiger partial charge is 0.490 e. The molecule has 7 nitrogen and oxygen atoms in total. The van der Waals surface area contributed by atoms with Crippen molar-refractivity contribution in [2.45, 2.75) is 83.8 Å². The van der Waals surface area contributed by atoms with E-state index in [2.05, 4.69) is 24.0 Å². The Morgan fingerprint density at radius 3 is 2.58 bits per heavy atom. The van der Waals surface area contributed by atoms with Crippen molar-refractivity contribution in [1.82, 2.24) is 20.0 Å². The summed E-state index contributed by atoms with van der Waals surface area (Å²) in [6.07, 6.45) is 10.7. The number of nitrogens with one attached hydrogen (secondary N) is 1. The zero-order chi connectivity index (χ0) is 22.9. The number of nitrogen functional groups attached to an aromatic ring is 1. The van der Waals surface area contributed by atoms with Crippen molar-refractivity contribution >= 4 is 16.7 Å². The molecule has 3 aromatic rings. The van der Waals surface area contributed by atoms with Crippen molar-refractivity contribution in [2.75, 3.05) is 5.73 Å². The van der Waals surface area contributed by atoms with Crippen LogP contribution >= 0.6 is 0 Å². The summed E-state index contributed by atoms with van der Waals surface area (Å²) < 4.78 is 8.10. The van der Waals surface area contributed by atoms with Crippen molar-refractivity contribution in [3.05, 3.63) is 34.6 Å². The van der Waals surface area contributed by atoms with Gasteiger partial charge in [-0.15, -0.1) is 0 Å². The lowest BCUT2D eigenvalue weighted by Gasteiger charge is -2.16. The number of nitrogens with two attached hydrogens (primary N) is 1. The van der Waals surface area contributed by atoms with E-state index in [-0.39, 0.29) is 11.6 Å². The van der Waals surface area contributed by atoms with Gasteiger partial charge in [0.15, 0.2) is 5.82 Å². The van der Waals surface area contributed by atoms with E-state index in [0.29, 0.717) is 28.5 Å². The van der Waals surface area contributed by atoms with Crippen molar-refractivity contribution < 1.29 is 4.74 Å². The molecule has 2 aliphatic carbocycles. The van der Waals surface area contributed by atoms with E-state index in [1.165, 1.54) is 38.5 Å². The summed E-state index contributed by atoms with van der Waals surface area (Å²) in [7, 11) is 0. The Hall–Kier alpha value is -2.83. The number of nitrogens with zero attached hydrogens (tertiary/aromatic N) is 3. The molecule has 0 bridgehead atoms. The Morgan fingerprint density at radius 1 is 1.12 bits per heavy atom. The molecule has 5 rings (SSSR count). The highest BCUT2D eigenvalue weighted by Crippen LogP contribution is 2.52. The average molecular weight is 450 g/mol. The normalized spacial score (nSPS) is 22.4. The number of H-pyrrole nitrogens is 1. The number of hydrogen-bond donors (Lipinski definition) is 2. The fourth-order valence-corrected chi connectivity index (χ4v) is 5.53. The quantitative estimate of drug-likeness (QED) is 0.400. The van der Waals surface area contributed by atoms with Crippen LogP contribution in [0.4, 0.5) is 5.82 Å². The molecule has 0 amide bonds. The summed E-state index contributed by atoms with van der Waals surface area (Å²) in [5.74, 6) is 2.98. The van der Waals surface area contributed by atoms with Crippen molar-refractivity contribution in [3.63, 3.8) is 0 Å². The summed E-state index contributed by atoms with van der Waals surface area (Å²) in [5, 5.41) is 12.2. The number of anilines is 1. The maximum atomic E-state index is 12.8. The average Bonchev–Trinajstić information content (AvgIpc) is 3.24. The monoisotopic (exact) mass is 449 g/mol. The minimum atomic E-state index is -0.246. The number of hydrogen-bond acceptors (Lipinski definition) is 5. The molecule has 33 heavy (non-hydrogen) atoms. The van der Waals surface area contributed by atoms with Crippen LogP contribution in [0.15, 0.2) is 29.1 Å². The van der Waals surface area contributed by atoms with Gasteiger partial charge in [0.2, 0.25) is 0 Å². The number of aromatic nitrogens is 4. The molecule has 0 aliphatic heterocycles. The first-order valence-electron chi connectivity index (χ1n) is 12.6. The second-order valence-corrected chi connectivity index (χ2v) is 9.86. The molecule has 0 saturated heterocycles. The SMILES string of the molecule is CCCCCCC(CC)n1nc(-c2ccc(OC3CC4CC4C3)cc2)c2c(N)n[nH]c(=O)c21. The van der Waals surface area contributed by atoms with Gasteiger partial charge < -0.3 is 10.5 Å². The minimum Gasteiger partial charge on any atom is -0.490 e. The van der Waals surface area contributed by atoms with Crippen LogP contribution in [0.3, 0.4) is 0 Å². The Bertz CT molecular complexity index is 1160. The smallest absolute Gasteiger partial charge is 0.290 e. The van der Waals surface area contributed by atoms with Gasteiger partial charge in [0.25, 0.3) is 5.56 Å². The molecule has 2 aromatic heterocycles. The Balaban J connectivity index is 1.45. The summed E-state index contributed by atoms with van der Waals surface area (Å²) >= 11 is 0. The second-order valence-electron chi connectivity index (χ2n) is 9.86. The maximum Gasteiger partial charge on any atom is 0.290 e. The summed E-state index contributed by atoms with van der Waals surface area (Å²) in [6, 6.07) is 8.18. The molecular weight excluding hydrogens is 414 g/mol. The molecule has 176 valence electrons. The first-order chi connectivity index (χ1) is 16.1. The highest BCUT2D eigenvalue weighted by atomic mass is 16.5. The minimum absolute atomic E-state index is 0.150. The molecule has 3 atom stereocenters. The number of benzene rings is 1. The molecule has 0 spiro atoms. The number of rotatable bonds is 10. The van der Waals surface area contributed by atoms with Gasteiger partial charge in [0.05, 0.1) is 17.5 Å². The third-order valence-electron chi connectivity index (χ3n) is 7.50. The number of fused-ring (bicyclic) bond motifs is 2. The molecule has 3 unspecified atom stereocenters. The Morgan fingerprint density at radius 2 is 1.88 bits per heavy atom. The topological polar surface area (TPSA) is 98.8 Å². The fourth-order valence-electron chi connectivity index (χ4n) is 5.53. The van der Waals surface area contributed by atoms with Gasteiger partial charge in [-0.05, 0) is 68.2 Å². The zero-order valence-electron chi connectivity index (χ0n) is 19.7. The Labute approximate surface area is 194 Å². The van der Waals surface area contributed by atoms with E-state index in [1.54, 1.807) is 0 Å². The molecule has 0 radical (unpaired) electrons. The maximum absolute atomic E-state index is 12.8. The lowest BCUT2D eigenvalue weighted by Crippen LogP contribution is -2.18. The van der Waals surface area contributed by atoms with Crippen LogP contribution in [0.2, 0.25) is 0 Å². The number of aromatic amines is 1. The van der Waals surface area contributed by atoms with Crippen LogP contribution in [0, 0.1) is 11.8 Å². The fraction of sp³-hybridized carbons (Fsp3) is 0.577. The van der Waals surface area contributed by atoms with Gasteiger partial charge >= 0.3 is 0 Å². The summed E-state index contributed by atoms with van der Waals surface area (Å²) in [5.41, 5.74) is 8.15. The molecule has 7 heteroatoms. The van der Waals surface area contributed by atoms with Crippen LogP contribution in [0.25, 0.3) is 22.2 Å². The first kappa shape index (κ1) is 22.0. The molecule has 2 fully saturated rings. The van der Waals surface area contributed by atoms with E-state index < -0.39 is 0 Å². The van der Waals surface area contributed by atoms with Crippen molar-refractivity contribution in [3.8, 4) is 17.0 Å². The second kappa shape index (κ2) is 9.20. The van der Waals surface area contributed by atoms with E-state index in [1.807, 2.05) is 28.9 Å². The van der Waals surface area contributed by atoms with Crippen LogP contribution in [-0.4, -0.2) is 26.1 Å². The van der Waals surface area contributed by atoms with Crippen LogP contribution in [0.1, 0.15) is 77.7 Å². The van der Waals surface area contributed by atoms with E-state index in [9.17, 15) is 4.79 Å². The third kappa shape index (κ3) is 4.37. The van der Waals surface area contributed by atoms with Gasteiger partial charge in [0, 0.05) is 5.56 Å². The van der Waals surface area contributed by atoms with Crippen molar-refractivity contribution in [1.29, 1.82) is 0 Å². The van der Waals surface area contributed by atoms with Gasteiger partial charge in [-0.3, -0.25) is 9.48 Å². The molecule has 1 aromatic carbocycles. The third-order valence-corrected chi connectivity index (χ3v) is 7.50. The van der Waals surface area contributed by atoms with Gasteiger partial charge in [-0.25, -0.2) is 5.10 Å². The van der Waals surface area contributed by atoms with Crippen LogP contribution < -0.4 is 16.0 Å². The molecule has 2 heterocycles. The summed E-state index contributed by atoms with van der Waals surface area (Å²) in [6.45, 7) is 4.36. The number of unbranched alkanes of at least 4 members (excludes halogenated alkanes) is 3. The standard InChI is InChI=1S/C26H35N5O2/c1-3-5-6-7-8-19(4-2)31-24-22(25(27)28-29-26(24)32)23(30-31)16-9-11-20(12-10-16)33-21-14-17-13-18(17)15-21/h9-12,17-19,21H,3-8,13-15H2,1-2H3,(H2,27,28)(H,29,32). The van der Waals surface area contributed by atoms with E-state index in [0.717, 1.165) is 42.4 Å².